The largest absolute Gasteiger partial charge is 0.313 e. The molecule has 0 spiro atoms. The highest BCUT2D eigenvalue weighted by atomic mass is 35.5. The number of benzene rings is 1. The Bertz CT molecular complexity index is 599. The van der Waals surface area contributed by atoms with E-state index in [-0.39, 0.29) is 5.82 Å². The zero-order chi connectivity index (χ0) is 13.7. The van der Waals surface area contributed by atoms with Crippen molar-refractivity contribution < 1.29 is 0 Å². The first-order chi connectivity index (χ1) is 9.26. The highest BCUT2D eigenvalue weighted by Crippen LogP contribution is 2.23. The van der Waals surface area contributed by atoms with Crippen LogP contribution in [-0.4, -0.2) is 21.3 Å². The Hall–Kier alpha value is -1.90. The molecule has 0 unspecified atom stereocenters. The van der Waals surface area contributed by atoms with E-state index in [2.05, 4.69) is 22.3 Å². The fraction of sp³-hybridized carbons (Fsp3) is 0.308. The van der Waals surface area contributed by atoms with E-state index in [1.165, 1.54) is 6.33 Å². The average Bonchev–Trinajstić information content (AvgIpc) is 2.87. The number of rotatable bonds is 5. The van der Waals surface area contributed by atoms with Gasteiger partial charge in [-0.25, -0.2) is 9.67 Å². The number of nitrogens with one attached hydrogen (secondary N) is 1. The van der Waals surface area contributed by atoms with E-state index < -0.39 is 0 Å². The van der Waals surface area contributed by atoms with Gasteiger partial charge >= 0.3 is 0 Å². The van der Waals surface area contributed by atoms with Crippen molar-refractivity contribution in [2.75, 3.05) is 6.54 Å². The molecule has 0 bridgehead atoms. The molecule has 2 aromatic rings. The summed E-state index contributed by atoms with van der Waals surface area (Å²) in [6.45, 7) is 3.75. The van der Waals surface area contributed by atoms with E-state index in [1.807, 2.05) is 18.2 Å². The molecule has 2 rings (SSSR count). The summed E-state index contributed by atoms with van der Waals surface area (Å²) in [5.41, 5.74) is 1.79. The molecule has 0 saturated heterocycles. The summed E-state index contributed by atoms with van der Waals surface area (Å²) < 4.78 is 1.55. The van der Waals surface area contributed by atoms with E-state index in [1.54, 1.807) is 10.7 Å². The number of aromatic nitrogens is 3. The van der Waals surface area contributed by atoms with Crippen molar-refractivity contribution in [3.8, 4) is 11.8 Å². The van der Waals surface area contributed by atoms with Crippen molar-refractivity contribution >= 4 is 11.6 Å². The van der Waals surface area contributed by atoms with Gasteiger partial charge in [-0.1, -0.05) is 30.7 Å². The van der Waals surface area contributed by atoms with E-state index in [0.29, 0.717) is 11.6 Å². The Kier molecular flexibility index (Phi) is 4.50. The third-order valence-corrected chi connectivity index (χ3v) is 2.94. The van der Waals surface area contributed by atoms with Crippen LogP contribution in [0, 0.1) is 11.3 Å². The molecule has 1 heterocycles. The van der Waals surface area contributed by atoms with Crippen LogP contribution in [-0.2, 0) is 6.54 Å². The summed E-state index contributed by atoms with van der Waals surface area (Å²) in [7, 11) is 0. The van der Waals surface area contributed by atoms with Crippen LogP contribution in [0.15, 0.2) is 24.5 Å². The highest BCUT2D eigenvalue weighted by molar-refractivity contribution is 6.32. The van der Waals surface area contributed by atoms with Crippen molar-refractivity contribution in [3.63, 3.8) is 0 Å². The van der Waals surface area contributed by atoms with Gasteiger partial charge in [0.15, 0.2) is 0 Å². The van der Waals surface area contributed by atoms with Gasteiger partial charge in [-0.3, -0.25) is 0 Å². The number of hydrogen-bond donors (Lipinski definition) is 1. The van der Waals surface area contributed by atoms with Crippen LogP contribution in [0.4, 0.5) is 0 Å². The summed E-state index contributed by atoms with van der Waals surface area (Å²) >= 11 is 6.23. The Labute approximate surface area is 116 Å². The van der Waals surface area contributed by atoms with Crippen LogP contribution >= 0.6 is 11.6 Å². The van der Waals surface area contributed by atoms with Crippen LogP contribution in [0.3, 0.4) is 0 Å². The molecule has 0 fully saturated rings. The normalized spacial score (nSPS) is 10.4. The van der Waals surface area contributed by atoms with Crippen LogP contribution < -0.4 is 5.32 Å². The lowest BCUT2D eigenvalue weighted by Crippen LogP contribution is -2.16. The van der Waals surface area contributed by atoms with Gasteiger partial charge in [0.05, 0.1) is 10.7 Å². The average molecular weight is 276 g/mol. The molecule has 0 amide bonds. The summed E-state index contributed by atoms with van der Waals surface area (Å²) in [5, 5.41) is 16.8. The van der Waals surface area contributed by atoms with Crippen LogP contribution in [0.1, 0.15) is 24.7 Å². The van der Waals surface area contributed by atoms with E-state index in [9.17, 15) is 0 Å². The molecular formula is C13H14ClN5. The SMILES string of the molecule is CCCNCc1cccc(Cl)c1-n1cnc(C#N)n1. The first-order valence-corrected chi connectivity index (χ1v) is 6.44. The molecule has 5 nitrogen and oxygen atoms in total. The van der Waals surface area contributed by atoms with Crippen LogP contribution in [0.5, 0.6) is 0 Å². The maximum Gasteiger partial charge on any atom is 0.252 e. The molecule has 1 aromatic carbocycles. The second-order valence-corrected chi connectivity index (χ2v) is 4.46. The third kappa shape index (κ3) is 3.11. The molecule has 19 heavy (non-hydrogen) atoms. The van der Waals surface area contributed by atoms with Gasteiger partial charge in [0.1, 0.15) is 12.4 Å². The van der Waals surface area contributed by atoms with Gasteiger partial charge in [0.2, 0.25) is 0 Å². The summed E-state index contributed by atoms with van der Waals surface area (Å²) in [6, 6.07) is 7.59. The van der Waals surface area contributed by atoms with Gasteiger partial charge in [-0.05, 0) is 24.6 Å². The summed E-state index contributed by atoms with van der Waals surface area (Å²) in [5.74, 6) is 0.132. The number of para-hydroxylation sites is 1. The molecular weight excluding hydrogens is 262 g/mol. The molecule has 0 aliphatic carbocycles. The predicted molar refractivity (Wildman–Crippen MR) is 73.1 cm³/mol. The fourth-order valence-corrected chi connectivity index (χ4v) is 2.06. The molecule has 0 saturated carbocycles. The first-order valence-electron chi connectivity index (χ1n) is 6.06. The van der Waals surface area contributed by atoms with Gasteiger partial charge in [-0.2, -0.15) is 5.26 Å². The molecule has 0 radical (unpaired) electrons. The predicted octanol–water partition coefficient (Wildman–Crippen LogP) is 2.29. The Morgan fingerprint density at radius 3 is 3.00 bits per heavy atom. The number of nitriles is 1. The number of halogens is 1. The lowest BCUT2D eigenvalue weighted by atomic mass is 10.1. The van der Waals surface area contributed by atoms with E-state index >= 15 is 0 Å². The molecule has 0 atom stereocenters. The van der Waals surface area contributed by atoms with Gasteiger partial charge in [-0.15, -0.1) is 5.10 Å². The van der Waals surface area contributed by atoms with Crippen molar-refractivity contribution in [1.29, 1.82) is 5.26 Å². The Morgan fingerprint density at radius 2 is 2.32 bits per heavy atom. The zero-order valence-corrected chi connectivity index (χ0v) is 11.4. The summed E-state index contributed by atoms with van der Waals surface area (Å²) in [6.07, 6.45) is 2.57. The van der Waals surface area contributed by atoms with Crippen molar-refractivity contribution in [2.45, 2.75) is 19.9 Å². The standard InChI is InChI=1S/C13H14ClN5/c1-2-6-16-8-10-4-3-5-11(14)13(10)19-9-17-12(7-15)18-19/h3-5,9,16H,2,6,8H2,1H3. The summed E-state index contributed by atoms with van der Waals surface area (Å²) in [4.78, 5) is 3.90. The van der Waals surface area contributed by atoms with Gasteiger partial charge in [0, 0.05) is 6.54 Å². The van der Waals surface area contributed by atoms with Crippen LogP contribution in [0.2, 0.25) is 5.02 Å². The monoisotopic (exact) mass is 275 g/mol. The van der Waals surface area contributed by atoms with Crippen molar-refractivity contribution in [3.05, 3.63) is 40.9 Å². The minimum atomic E-state index is 0.132. The van der Waals surface area contributed by atoms with Gasteiger partial charge in [0.25, 0.3) is 5.82 Å². The van der Waals surface area contributed by atoms with Crippen LogP contribution in [0.25, 0.3) is 5.69 Å². The lowest BCUT2D eigenvalue weighted by molar-refractivity contribution is 0.670. The smallest absolute Gasteiger partial charge is 0.252 e. The minimum absolute atomic E-state index is 0.132. The Morgan fingerprint density at radius 1 is 1.47 bits per heavy atom. The van der Waals surface area contributed by atoms with Gasteiger partial charge < -0.3 is 5.32 Å². The Balaban J connectivity index is 2.35. The lowest BCUT2D eigenvalue weighted by Gasteiger charge is -2.11. The topological polar surface area (TPSA) is 66.5 Å². The van der Waals surface area contributed by atoms with E-state index in [0.717, 1.165) is 24.2 Å². The molecule has 1 N–H and O–H groups in total. The molecule has 0 aliphatic heterocycles. The second-order valence-electron chi connectivity index (χ2n) is 4.05. The maximum absolute atomic E-state index is 8.78. The number of nitrogens with zero attached hydrogens (tertiary/aromatic N) is 4. The fourth-order valence-electron chi connectivity index (χ4n) is 1.78. The highest BCUT2D eigenvalue weighted by Gasteiger charge is 2.11. The zero-order valence-electron chi connectivity index (χ0n) is 10.6. The molecule has 98 valence electrons. The van der Waals surface area contributed by atoms with Crippen molar-refractivity contribution in [1.82, 2.24) is 20.1 Å². The quantitative estimate of drug-likeness (QED) is 0.850. The molecule has 6 heteroatoms. The maximum atomic E-state index is 8.78. The van der Waals surface area contributed by atoms with E-state index in [4.69, 9.17) is 16.9 Å². The first kappa shape index (κ1) is 13.5. The number of hydrogen-bond acceptors (Lipinski definition) is 4. The second kappa shape index (κ2) is 6.32. The third-order valence-electron chi connectivity index (χ3n) is 2.63. The molecule has 0 aliphatic rings. The minimum Gasteiger partial charge on any atom is -0.313 e. The molecule has 1 aromatic heterocycles. The van der Waals surface area contributed by atoms with Crippen molar-refractivity contribution in [2.24, 2.45) is 0 Å².